The first-order valence-corrected chi connectivity index (χ1v) is 13.0. The average Bonchev–Trinajstić information content (AvgIpc) is 3.27. The van der Waals surface area contributed by atoms with Gasteiger partial charge in [-0.3, -0.25) is 9.59 Å². The zero-order valence-corrected chi connectivity index (χ0v) is 21.4. The zero-order valence-electron chi connectivity index (χ0n) is 20.6. The van der Waals surface area contributed by atoms with Gasteiger partial charge in [0.15, 0.2) is 6.61 Å². The number of hydrogen-bond acceptors (Lipinski definition) is 5. The van der Waals surface area contributed by atoms with E-state index < -0.39 is 6.04 Å². The maximum atomic E-state index is 13.3. The second-order valence-corrected chi connectivity index (χ2v) is 10.8. The van der Waals surface area contributed by atoms with E-state index in [1.54, 1.807) is 16.2 Å². The van der Waals surface area contributed by atoms with E-state index in [2.05, 4.69) is 31.5 Å². The fraction of sp³-hybridized carbons (Fsp3) is 0.393. The molecule has 0 spiro atoms. The molecule has 1 atom stereocenters. The van der Waals surface area contributed by atoms with Crippen LogP contribution in [-0.2, 0) is 21.5 Å². The van der Waals surface area contributed by atoms with Crippen molar-refractivity contribution in [3.63, 3.8) is 0 Å². The van der Waals surface area contributed by atoms with Crippen LogP contribution < -0.4 is 10.1 Å². The Labute approximate surface area is 211 Å². The van der Waals surface area contributed by atoms with Crippen molar-refractivity contribution in [1.29, 1.82) is 0 Å². The molecule has 1 N–H and O–H groups in total. The van der Waals surface area contributed by atoms with Gasteiger partial charge in [0.1, 0.15) is 16.8 Å². The molecule has 0 bridgehead atoms. The maximum Gasteiger partial charge on any atom is 0.261 e. The molecule has 2 aromatic carbocycles. The summed E-state index contributed by atoms with van der Waals surface area (Å²) in [6, 6.07) is 16.9. The standard InChI is InChI=1S/C28H33N3O3S/c1-28(2,3)24-19-35-27(30-24)21-14-12-20(13-15-21)17-31(23-11-7-8-16-29-26(23)33)25(32)18-34-22-9-5-4-6-10-22/h4-6,9-10,12-15,19,23H,7-8,11,16-18H2,1-3H3,(H,29,33)/t23-/m0/s1. The molecule has 1 saturated heterocycles. The number of ether oxygens (including phenoxy) is 1. The van der Waals surface area contributed by atoms with E-state index in [4.69, 9.17) is 9.72 Å². The van der Waals surface area contributed by atoms with Crippen LogP contribution in [0.4, 0.5) is 0 Å². The Hall–Kier alpha value is -3.19. The number of nitrogens with one attached hydrogen (secondary N) is 1. The average molecular weight is 492 g/mol. The van der Waals surface area contributed by atoms with Gasteiger partial charge >= 0.3 is 0 Å². The van der Waals surface area contributed by atoms with Gasteiger partial charge in [0.2, 0.25) is 5.91 Å². The van der Waals surface area contributed by atoms with Crippen LogP contribution in [-0.4, -0.2) is 40.9 Å². The molecule has 0 unspecified atom stereocenters. The molecule has 184 valence electrons. The predicted molar refractivity (Wildman–Crippen MR) is 139 cm³/mol. The number of rotatable bonds is 7. The highest BCUT2D eigenvalue weighted by Crippen LogP contribution is 2.30. The summed E-state index contributed by atoms with van der Waals surface area (Å²) >= 11 is 1.64. The van der Waals surface area contributed by atoms with Crippen molar-refractivity contribution in [3.8, 4) is 16.3 Å². The molecule has 7 heteroatoms. The summed E-state index contributed by atoms with van der Waals surface area (Å²) in [4.78, 5) is 32.5. The van der Waals surface area contributed by atoms with Gasteiger partial charge in [0.05, 0.1) is 5.69 Å². The van der Waals surface area contributed by atoms with Crippen LogP contribution in [0.3, 0.4) is 0 Å². The second kappa shape index (κ2) is 11.0. The minimum Gasteiger partial charge on any atom is -0.484 e. The number of carbonyl (C=O) groups is 2. The number of aromatic nitrogens is 1. The Bertz CT molecular complexity index is 1140. The lowest BCUT2D eigenvalue weighted by molar-refractivity contribution is -0.142. The molecule has 6 nitrogen and oxygen atoms in total. The molecule has 2 heterocycles. The number of para-hydroxylation sites is 1. The molecule has 1 aliphatic rings. The Kier molecular flexibility index (Phi) is 7.86. The van der Waals surface area contributed by atoms with Crippen molar-refractivity contribution in [2.45, 2.75) is 58.0 Å². The normalized spacial score (nSPS) is 16.3. The summed E-state index contributed by atoms with van der Waals surface area (Å²) in [7, 11) is 0. The van der Waals surface area contributed by atoms with Crippen molar-refractivity contribution in [3.05, 3.63) is 71.2 Å². The molecule has 3 aromatic rings. The summed E-state index contributed by atoms with van der Waals surface area (Å²) in [5.41, 5.74) is 3.10. The summed E-state index contributed by atoms with van der Waals surface area (Å²) in [5.74, 6) is 0.341. The Morgan fingerprint density at radius 1 is 1.11 bits per heavy atom. The number of thiazole rings is 1. The Balaban J connectivity index is 1.51. The third kappa shape index (κ3) is 6.48. The molecule has 0 aliphatic carbocycles. The molecule has 35 heavy (non-hydrogen) atoms. The highest BCUT2D eigenvalue weighted by molar-refractivity contribution is 7.13. The maximum absolute atomic E-state index is 13.3. The Morgan fingerprint density at radius 3 is 2.54 bits per heavy atom. The van der Waals surface area contributed by atoms with Crippen molar-refractivity contribution in [2.24, 2.45) is 0 Å². The summed E-state index contributed by atoms with van der Waals surface area (Å²) in [6.07, 6.45) is 2.46. The highest BCUT2D eigenvalue weighted by atomic mass is 32.1. The van der Waals surface area contributed by atoms with Crippen molar-refractivity contribution < 1.29 is 14.3 Å². The molecule has 1 fully saturated rings. The first kappa shape index (κ1) is 24.9. The predicted octanol–water partition coefficient (Wildman–Crippen LogP) is 5.18. The molecule has 4 rings (SSSR count). The molecule has 0 radical (unpaired) electrons. The van der Waals surface area contributed by atoms with Crippen molar-refractivity contribution >= 4 is 23.2 Å². The summed E-state index contributed by atoms with van der Waals surface area (Å²) in [5, 5.41) is 6.05. The van der Waals surface area contributed by atoms with Gasteiger partial charge in [0, 0.05) is 29.4 Å². The quantitative estimate of drug-likeness (QED) is 0.494. The summed E-state index contributed by atoms with van der Waals surface area (Å²) < 4.78 is 5.72. The van der Waals surface area contributed by atoms with Crippen molar-refractivity contribution in [2.75, 3.05) is 13.2 Å². The first-order chi connectivity index (χ1) is 16.8. The van der Waals surface area contributed by atoms with Crippen LogP contribution in [0, 0.1) is 0 Å². The molecule has 0 saturated carbocycles. The monoisotopic (exact) mass is 491 g/mol. The van der Waals surface area contributed by atoms with Crippen LogP contribution in [0.15, 0.2) is 60.0 Å². The lowest BCUT2D eigenvalue weighted by Gasteiger charge is -2.30. The topological polar surface area (TPSA) is 71.5 Å². The van der Waals surface area contributed by atoms with Gasteiger partial charge in [-0.15, -0.1) is 11.3 Å². The second-order valence-electron chi connectivity index (χ2n) is 9.91. The highest BCUT2D eigenvalue weighted by Gasteiger charge is 2.31. The summed E-state index contributed by atoms with van der Waals surface area (Å²) in [6.45, 7) is 7.36. The number of amides is 2. The largest absolute Gasteiger partial charge is 0.484 e. The number of benzene rings is 2. The van der Waals surface area contributed by atoms with E-state index in [9.17, 15) is 9.59 Å². The molecule has 2 amide bonds. The van der Waals surface area contributed by atoms with Crippen LogP contribution in [0.2, 0.25) is 0 Å². The minimum absolute atomic E-state index is 0.0106. The van der Waals surface area contributed by atoms with Gasteiger partial charge in [-0.25, -0.2) is 4.98 Å². The lowest BCUT2D eigenvalue weighted by Crippen LogP contribution is -2.49. The van der Waals surface area contributed by atoms with E-state index >= 15 is 0 Å². The SMILES string of the molecule is CC(C)(C)c1csc(-c2ccc(CN(C(=O)COc3ccccc3)[C@H]3CCCCNC3=O)cc2)n1. The molecular formula is C28H33N3O3S. The minimum atomic E-state index is -0.502. The van der Waals surface area contributed by atoms with E-state index in [0.29, 0.717) is 25.3 Å². The van der Waals surface area contributed by atoms with Gasteiger partial charge in [0.25, 0.3) is 5.91 Å². The van der Waals surface area contributed by atoms with Gasteiger partial charge < -0.3 is 15.0 Å². The zero-order chi connectivity index (χ0) is 24.8. The van der Waals surface area contributed by atoms with Gasteiger partial charge in [-0.1, -0.05) is 63.2 Å². The fourth-order valence-electron chi connectivity index (χ4n) is 4.04. The number of hydrogen-bond donors (Lipinski definition) is 1. The fourth-order valence-corrected chi connectivity index (χ4v) is 5.09. The smallest absolute Gasteiger partial charge is 0.261 e. The first-order valence-electron chi connectivity index (χ1n) is 12.1. The third-order valence-corrected chi connectivity index (χ3v) is 7.03. The number of nitrogens with zero attached hydrogens (tertiary/aromatic N) is 2. The van der Waals surface area contributed by atoms with E-state index in [-0.39, 0.29) is 23.8 Å². The lowest BCUT2D eigenvalue weighted by atomic mass is 9.93. The van der Waals surface area contributed by atoms with Crippen LogP contribution in [0.5, 0.6) is 5.75 Å². The molecule has 1 aromatic heterocycles. The van der Waals surface area contributed by atoms with Crippen molar-refractivity contribution in [1.82, 2.24) is 15.2 Å². The van der Waals surface area contributed by atoms with Crippen LogP contribution in [0.1, 0.15) is 51.3 Å². The van der Waals surface area contributed by atoms with Gasteiger partial charge in [-0.05, 0) is 37.0 Å². The van der Waals surface area contributed by atoms with E-state index in [1.165, 1.54) is 0 Å². The Morgan fingerprint density at radius 2 is 1.86 bits per heavy atom. The molecule has 1 aliphatic heterocycles. The van der Waals surface area contributed by atoms with E-state index in [0.717, 1.165) is 34.7 Å². The number of carbonyl (C=O) groups excluding carboxylic acids is 2. The third-order valence-electron chi connectivity index (χ3n) is 6.13. The molecular weight excluding hydrogens is 458 g/mol. The van der Waals surface area contributed by atoms with Gasteiger partial charge in [-0.2, -0.15) is 0 Å². The van der Waals surface area contributed by atoms with E-state index in [1.807, 2.05) is 54.6 Å². The van der Waals surface area contributed by atoms with Crippen LogP contribution in [0.25, 0.3) is 10.6 Å². The van der Waals surface area contributed by atoms with Crippen LogP contribution >= 0.6 is 11.3 Å².